The molecule has 0 aromatic carbocycles. The number of hydrogen-bond acceptors (Lipinski definition) is 2. The average Bonchev–Trinajstić information content (AvgIpc) is 3.10. The van der Waals surface area contributed by atoms with Crippen LogP contribution in [0.2, 0.25) is 0 Å². The van der Waals surface area contributed by atoms with E-state index in [1.54, 1.807) is 6.20 Å². The summed E-state index contributed by atoms with van der Waals surface area (Å²) in [4.78, 5) is 18.9. The number of rotatable bonds is 11. The molecule has 0 spiro atoms. The van der Waals surface area contributed by atoms with Crippen molar-refractivity contribution in [3.63, 3.8) is 0 Å². The number of nitrogens with zero attached hydrogens (tertiary/aromatic N) is 2. The Balaban J connectivity index is 1.57. The van der Waals surface area contributed by atoms with Crippen LogP contribution in [0, 0.1) is 5.92 Å². The van der Waals surface area contributed by atoms with Gasteiger partial charge in [0.2, 0.25) is 5.91 Å². The smallest absolute Gasteiger partial charge is 0.223 e. The molecule has 1 aromatic rings. The zero-order valence-corrected chi connectivity index (χ0v) is 16.3. The van der Waals surface area contributed by atoms with Gasteiger partial charge in [-0.2, -0.15) is 0 Å². The highest BCUT2D eigenvalue weighted by Crippen LogP contribution is 2.32. The molecule has 1 aliphatic heterocycles. The Labute approximate surface area is 154 Å². The maximum atomic E-state index is 12.6. The minimum absolute atomic E-state index is 0.252. The van der Waals surface area contributed by atoms with Crippen LogP contribution in [0.4, 0.5) is 0 Å². The fourth-order valence-electron chi connectivity index (χ4n) is 3.84. The summed E-state index contributed by atoms with van der Waals surface area (Å²) in [5, 5.41) is 0. The molecular formula is C22H36N2O. The van der Waals surface area contributed by atoms with Gasteiger partial charge in [-0.3, -0.25) is 9.78 Å². The number of aromatic nitrogens is 1. The third-order valence-corrected chi connectivity index (χ3v) is 5.31. The average molecular weight is 345 g/mol. The van der Waals surface area contributed by atoms with Crippen LogP contribution in [-0.4, -0.2) is 22.3 Å². The van der Waals surface area contributed by atoms with Crippen molar-refractivity contribution in [1.82, 2.24) is 9.88 Å². The van der Waals surface area contributed by atoms with Crippen LogP contribution < -0.4 is 0 Å². The molecule has 0 radical (unpaired) electrons. The summed E-state index contributed by atoms with van der Waals surface area (Å²) in [5.41, 5.74) is 1.19. The van der Waals surface area contributed by atoms with E-state index in [1.165, 1.54) is 50.5 Å². The Kier molecular flexibility index (Phi) is 8.99. The van der Waals surface area contributed by atoms with Gasteiger partial charge in [-0.25, -0.2) is 0 Å². The molecular weight excluding hydrogens is 308 g/mol. The van der Waals surface area contributed by atoms with Crippen molar-refractivity contribution in [1.29, 1.82) is 0 Å². The molecule has 1 unspecified atom stereocenters. The third-order valence-electron chi connectivity index (χ3n) is 5.31. The van der Waals surface area contributed by atoms with Crippen LogP contribution in [0.1, 0.15) is 96.1 Å². The summed E-state index contributed by atoms with van der Waals surface area (Å²) in [5.74, 6) is 1.18. The van der Waals surface area contributed by atoms with Crippen molar-refractivity contribution in [2.45, 2.75) is 90.5 Å². The van der Waals surface area contributed by atoms with E-state index in [0.29, 0.717) is 12.3 Å². The Bertz CT molecular complexity index is 486. The molecule has 1 fully saturated rings. The Hall–Kier alpha value is -1.38. The summed E-state index contributed by atoms with van der Waals surface area (Å²) in [6.07, 6.45) is 16.9. The lowest BCUT2D eigenvalue weighted by molar-refractivity contribution is -0.132. The minimum Gasteiger partial charge on any atom is -0.336 e. The lowest BCUT2D eigenvalue weighted by Crippen LogP contribution is -2.30. The monoisotopic (exact) mass is 344 g/mol. The van der Waals surface area contributed by atoms with E-state index in [0.717, 1.165) is 31.7 Å². The van der Waals surface area contributed by atoms with Crippen LogP contribution in [0.5, 0.6) is 0 Å². The van der Waals surface area contributed by atoms with Crippen LogP contribution in [0.15, 0.2) is 24.5 Å². The summed E-state index contributed by atoms with van der Waals surface area (Å²) in [7, 11) is 0. The number of carbonyl (C=O) groups excluding carboxylic acids is 1. The molecule has 0 aliphatic carbocycles. The number of amides is 1. The standard InChI is InChI=1S/C22H36N2O/c1-19(2)12-8-6-4-3-5-7-9-15-22(25)24-17-11-14-21(24)20-13-10-16-23-18-20/h10,13,16,18-19,21H,3-9,11-12,14-15,17H2,1-2H3. The first-order valence-electron chi connectivity index (χ1n) is 10.4. The topological polar surface area (TPSA) is 33.2 Å². The number of unbranched alkanes of at least 4 members (excludes halogenated alkanes) is 6. The highest BCUT2D eigenvalue weighted by molar-refractivity contribution is 5.77. The fourth-order valence-corrected chi connectivity index (χ4v) is 3.84. The van der Waals surface area contributed by atoms with Crippen molar-refractivity contribution in [2.24, 2.45) is 5.92 Å². The molecule has 0 saturated carbocycles. The Morgan fingerprint density at radius 2 is 1.88 bits per heavy atom. The second-order valence-electron chi connectivity index (χ2n) is 7.94. The first-order valence-corrected chi connectivity index (χ1v) is 10.4. The van der Waals surface area contributed by atoms with E-state index < -0.39 is 0 Å². The van der Waals surface area contributed by atoms with Crippen LogP contribution in [0.25, 0.3) is 0 Å². The van der Waals surface area contributed by atoms with Gasteiger partial charge in [-0.1, -0.05) is 64.9 Å². The van der Waals surface area contributed by atoms with Crippen molar-refractivity contribution in [3.8, 4) is 0 Å². The molecule has 2 heterocycles. The van der Waals surface area contributed by atoms with Crippen molar-refractivity contribution >= 4 is 5.91 Å². The van der Waals surface area contributed by atoms with E-state index in [-0.39, 0.29) is 6.04 Å². The molecule has 1 atom stereocenters. The molecule has 25 heavy (non-hydrogen) atoms. The number of carbonyl (C=O) groups is 1. The van der Waals surface area contributed by atoms with E-state index in [2.05, 4.69) is 29.8 Å². The lowest BCUT2D eigenvalue weighted by Gasteiger charge is -2.25. The maximum absolute atomic E-state index is 12.6. The van der Waals surface area contributed by atoms with Gasteiger partial charge in [-0.05, 0) is 36.8 Å². The summed E-state index contributed by atoms with van der Waals surface area (Å²) >= 11 is 0. The van der Waals surface area contributed by atoms with Gasteiger partial charge in [0.25, 0.3) is 0 Å². The second-order valence-corrected chi connectivity index (χ2v) is 7.94. The fraction of sp³-hybridized carbons (Fsp3) is 0.727. The van der Waals surface area contributed by atoms with Gasteiger partial charge in [-0.15, -0.1) is 0 Å². The summed E-state index contributed by atoms with van der Waals surface area (Å²) in [6.45, 7) is 5.51. The number of pyridine rings is 1. The second kappa shape index (κ2) is 11.3. The molecule has 1 amide bonds. The van der Waals surface area contributed by atoms with Gasteiger partial charge in [0.05, 0.1) is 6.04 Å². The summed E-state index contributed by atoms with van der Waals surface area (Å²) < 4.78 is 0. The predicted octanol–water partition coefficient (Wildman–Crippen LogP) is 5.91. The minimum atomic E-state index is 0.252. The van der Waals surface area contributed by atoms with E-state index >= 15 is 0 Å². The molecule has 0 N–H and O–H groups in total. The van der Waals surface area contributed by atoms with Crippen molar-refractivity contribution in [3.05, 3.63) is 30.1 Å². The van der Waals surface area contributed by atoms with Gasteiger partial charge in [0.15, 0.2) is 0 Å². The maximum Gasteiger partial charge on any atom is 0.223 e. The Morgan fingerprint density at radius 3 is 2.56 bits per heavy atom. The molecule has 1 aliphatic rings. The molecule has 1 saturated heterocycles. The normalized spacial score (nSPS) is 17.4. The van der Waals surface area contributed by atoms with Crippen molar-refractivity contribution in [2.75, 3.05) is 6.54 Å². The van der Waals surface area contributed by atoms with Crippen molar-refractivity contribution < 1.29 is 4.79 Å². The first-order chi connectivity index (χ1) is 12.2. The largest absolute Gasteiger partial charge is 0.336 e. The van der Waals surface area contributed by atoms with Gasteiger partial charge >= 0.3 is 0 Å². The third kappa shape index (κ3) is 7.17. The van der Waals surface area contributed by atoms with Crippen LogP contribution in [0.3, 0.4) is 0 Å². The lowest BCUT2D eigenvalue weighted by atomic mass is 10.0. The van der Waals surface area contributed by atoms with Crippen LogP contribution in [-0.2, 0) is 4.79 Å². The molecule has 2 rings (SSSR count). The zero-order chi connectivity index (χ0) is 17.9. The van der Waals surface area contributed by atoms with Gasteiger partial charge in [0, 0.05) is 25.4 Å². The van der Waals surface area contributed by atoms with Gasteiger partial charge < -0.3 is 4.90 Å². The molecule has 3 heteroatoms. The van der Waals surface area contributed by atoms with E-state index in [4.69, 9.17) is 0 Å². The van der Waals surface area contributed by atoms with E-state index in [9.17, 15) is 4.79 Å². The van der Waals surface area contributed by atoms with Crippen LogP contribution >= 0.6 is 0 Å². The highest BCUT2D eigenvalue weighted by atomic mass is 16.2. The molecule has 1 aromatic heterocycles. The van der Waals surface area contributed by atoms with Gasteiger partial charge in [0.1, 0.15) is 0 Å². The first kappa shape index (κ1) is 19.9. The SMILES string of the molecule is CC(C)CCCCCCCCCC(=O)N1CCCC1c1cccnc1. The quantitative estimate of drug-likeness (QED) is 0.467. The van der Waals surface area contributed by atoms with E-state index in [1.807, 2.05) is 12.3 Å². The molecule has 3 nitrogen and oxygen atoms in total. The number of likely N-dealkylation sites (tertiary alicyclic amines) is 1. The Morgan fingerprint density at radius 1 is 1.16 bits per heavy atom. The summed E-state index contributed by atoms with van der Waals surface area (Å²) in [6, 6.07) is 4.32. The highest BCUT2D eigenvalue weighted by Gasteiger charge is 2.29. The number of hydrogen-bond donors (Lipinski definition) is 0. The predicted molar refractivity (Wildman–Crippen MR) is 104 cm³/mol. The molecule has 0 bridgehead atoms. The molecule has 140 valence electrons. The zero-order valence-electron chi connectivity index (χ0n) is 16.3.